The summed E-state index contributed by atoms with van der Waals surface area (Å²) in [5.74, 6) is 0.714. The molecule has 112 valence electrons. The van der Waals surface area contributed by atoms with E-state index in [1.165, 1.54) is 36.4 Å². The lowest BCUT2D eigenvalue weighted by atomic mass is 9.84. The molecule has 3 saturated heterocycles. The van der Waals surface area contributed by atoms with Gasteiger partial charge in [-0.2, -0.15) is 0 Å². The molecule has 1 aromatic carbocycles. The van der Waals surface area contributed by atoms with E-state index in [1.807, 2.05) is 17.5 Å². The highest BCUT2D eigenvalue weighted by Gasteiger charge is 2.34. The molecule has 2 bridgehead atoms. The van der Waals surface area contributed by atoms with Gasteiger partial charge in [0, 0.05) is 23.6 Å². The lowest BCUT2D eigenvalue weighted by molar-refractivity contribution is -0.118. The van der Waals surface area contributed by atoms with Crippen molar-refractivity contribution in [2.24, 2.45) is 5.92 Å². The standard InChI is InChI=1S/C17H22N2OS/c1-13-4-2-3-5-16(13)21-11-8-17(20)18-15-12-19-9-6-14(15)7-10-19/h2-5,8,11,14-15H,6-7,9-10,12H2,1H3,(H,18,20)/b11-8+/t15-/m0/s1. The number of fused-ring (bicyclic) bond motifs is 3. The van der Waals surface area contributed by atoms with Crippen LogP contribution in [0.3, 0.4) is 0 Å². The van der Waals surface area contributed by atoms with Crippen LogP contribution in [0, 0.1) is 12.8 Å². The van der Waals surface area contributed by atoms with Crippen molar-refractivity contribution in [3.8, 4) is 0 Å². The van der Waals surface area contributed by atoms with E-state index in [1.54, 1.807) is 17.8 Å². The third-order valence-electron chi connectivity index (χ3n) is 4.49. The van der Waals surface area contributed by atoms with Gasteiger partial charge in [-0.1, -0.05) is 30.0 Å². The van der Waals surface area contributed by atoms with E-state index in [0.29, 0.717) is 12.0 Å². The molecule has 0 aromatic heterocycles. The van der Waals surface area contributed by atoms with Gasteiger partial charge in [0.1, 0.15) is 0 Å². The summed E-state index contributed by atoms with van der Waals surface area (Å²) in [5.41, 5.74) is 1.24. The van der Waals surface area contributed by atoms with Gasteiger partial charge >= 0.3 is 0 Å². The summed E-state index contributed by atoms with van der Waals surface area (Å²) in [4.78, 5) is 15.7. The lowest BCUT2D eigenvalue weighted by Crippen LogP contribution is -2.57. The summed E-state index contributed by atoms with van der Waals surface area (Å²) in [6.07, 6.45) is 4.12. The third-order valence-corrected chi connectivity index (χ3v) is 5.48. The Morgan fingerprint density at radius 3 is 2.76 bits per heavy atom. The molecule has 3 aliphatic rings. The van der Waals surface area contributed by atoms with E-state index in [-0.39, 0.29) is 5.91 Å². The van der Waals surface area contributed by atoms with Gasteiger partial charge in [0.05, 0.1) is 0 Å². The topological polar surface area (TPSA) is 32.3 Å². The number of nitrogens with one attached hydrogen (secondary N) is 1. The maximum absolute atomic E-state index is 12.0. The Morgan fingerprint density at radius 2 is 2.10 bits per heavy atom. The van der Waals surface area contributed by atoms with Crippen LogP contribution in [0.15, 0.2) is 40.6 Å². The fourth-order valence-electron chi connectivity index (χ4n) is 3.22. The number of nitrogens with zero attached hydrogens (tertiary/aromatic N) is 1. The quantitative estimate of drug-likeness (QED) is 0.686. The molecule has 4 rings (SSSR count). The largest absolute Gasteiger partial charge is 0.348 e. The van der Waals surface area contributed by atoms with E-state index >= 15 is 0 Å². The van der Waals surface area contributed by atoms with Crippen LogP contribution < -0.4 is 5.32 Å². The summed E-state index contributed by atoms with van der Waals surface area (Å²) in [6, 6.07) is 8.56. The fraction of sp³-hybridized carbons (Fsp3) is 0.471. The molecule has 1 atom stereocenters. The summed E-state index contributed by atoms with van der Waals surface area (Å²) in [6.45, 7) is 5.52. The van der Waals surface area contributed by atoms with Crippen LogP contribution in [-0.4, -0.2) is 36.5 Å². The molecule has 1 aromatic rings. The number of benzene rings is 1. The molecule has 1 amide bonds. The highest BCUT2D eigenvalue weighted by Crippen LogP contribution is 2.27. The zero-order chi connectivity index (χ0) is 14.7. The predicted molar refractivity (Wildman–Crippen MR) is 87.3 cm³/mol. The van der Waals surface area contributed by atoms with Crippen LogP contribution in [0.4, 0.5) is 0 Å². The van der Waals surface area contributed by atoms with Crippen molar-refractivity contribution in [1.29, 1.82) is 0 Å². The average molecular weight is 302 g/mol. The molecule has 4 heteroatoms. The molecule has 0 aliphatic carbocycles. The highest BCUT2D eigenvalue weighted by molar-refractivity contribution is 8.02. The molecule has 0 unspecified atom stereocenters. The van der Waals surface area contributed by atoms with Gasteiger partial charge in [-0.25, -0.2) is 0 Å². The molecule has 3 fully saturated rings. The number of hydrogen-bond acceptors (Lipinski definition) is 3. The Hall–Kier alpha value is -1.26. The van der Waals surface area contributed by atoms with Crippen molar-refractivity contribution in [3.05, 3.63) is 41.3 Å². The molecule has 0 radical (unpaired) electrons. The van der Waals surface area contributed by atoms with Crippen molar-refractivity contribution < 1.29 is 4.79 Å². The minimum absolute atomic E-state index is 0.0369. The molecular formula is C17H22N2OS. The first kappa shape index (κ1) is 14.7. The summed E-state index contributed by atoms with van der Waals surface area (Å²) < 4.78 is 0. The Labute approximate surface area is 130 Å². The number of amides is 1. The number of carbonyl (C=O) groups is 1. The Morgan fingerprint density at radius 1 is 1.33 bits per heavy atom. The van der Waals surface area contributed by atoms with Gasteiger partial charge in [-0.05, 0) is 55.8 Å². The van der Waals surface area contributed by atoms with Crippen molar-refractivity contribution in [2.45, 2.75) is 30.7 Å². The molecular weight excluding hydrogens is 280 g/mol. The Balaban J connectivity index is 1.50. The van der Waals surface area contributed by atoms with Gasteiger partial charge in [0.25, 0.3) is 0 Å². The summed E-state index contributed by atoms with van der Waals surface area (Å²) in [7, 11) is 0. The van der Waals surface area contributed by atoms with E-state index in [0.717, 1.165) is 6.54 Å². The Kier molecular flexibility index (Phi) is 4.66. The van der Waals surface area contributed by atoms with Gasteiger partial charge < -0.3 is 10.2 Å². The second-order valence-corrected chi connectivity index (χ2v) is 6.89. The van der Waals surface area contributed by atoms with Crippen LogP contribution in [0.5, 0.6) is 0 Å². The van der Waals surface area contributed by atoms with Gasteiger partial charge in [0.2, 0.25) is 5.91 Å². The number of rotatable bonds is 4. The van der Waals surface area contributed by atoms with Crippen LogP contribution in [0.1, 0.15) is 18.4 Å². The van der Waals surface area contributed by atoms with E-state index in [4.69, 9.17) is 0 Å². The van der Waals surface area contributed by atoms with Crippen LogP contribution >= 0.6 is 11.8 Å². The van der Waals surface area contributed by atoms with Crippen LogP contribution in [-0.2, 0) is 4.79 Å². The third kappa shape index (κ3) is 3.69. The number of hydrogen-bond donors (Lipinski definition) is 1. The van der Waals surface area contributed by atoms with Crippen molar-refractivity contribution in [3.63, 3.8) is 0 Å². The molecule has 3 aliphatic heterocycles. The van der Waals surface area contributed by atoms with E-state index in [9.17, 15) is 4.79 Å². The van der Waals surface area contributed by atoms with Crippen LogP contribution in [0.2, 0.25) is 0 Å². The van der Waals surface area contributed by atoms with Crippen LogP contribution in [0.25, 0.3) is 0 Å². The van der Waals surface area contributed by atoms with Gasteiger partial charge in [0.15, 0.2) is 0 Å². The monoisotopic (exact) mass is 302 g/mol. The fourth-order valence-corrected chi connectivity index (χ4v) is 3.97. The molecule has 3 nitrogen and oxygen atoms in total. The molecule has 3 heterocycles. The average Bonchev–Trinajstić information content (AvgIpc) is 2.50. The first-order chi connectivity index (χ1) is 10.2. The van der Waals surface area contributed by atoms with Crippen molar-refractivity contribution in [2.75, 3.05) is 19.6 Å². The van der Waals surface area contributed by atoms with E-state index in [2.05, 4.69) is 29.3 Å². The zero-order valence-electron chi connectivity index (χ0n) is 12.4. The summed E-state index contributed by atoms with van der Waals surface area (Å²) in [5, 5.41) is 5.06. The van der Waals surface area contributed by atoms with Gasteiger partial charge in [-0.3, -0.25) is 4.79 Å². The lowest BCUT2D eigenvalue weighted by Gasteiger charge is -2.44. The molecule has 0 saturated carbocycles. The van der Waals surface area contributed by atoms with Crippen molar-refractivity contribution >= 4 is 17.7 Å². The SMILES string of the molecule is Cc1ccccc1S/C=C/C(=O)N[C@H]1CN2CCC1CC2. The Bertz CT molecular complexity index is 535. The number of aryl methyl sites for hydroxylation is 1. The molecule has 1 N–H and O–H groups in total. The summed E-state index contributed by atoms with van der Waals surface area (Å²) >= 11 is 1.60. The minimum atomic E-state index is 0.0369. The molecule has 0 spiro atoms. The number of thioether (sulfide) groups is 1. The number of piperidine rings is 3. The van der Waals surface area contributed by atoms with Crippen molar-refractivity contribution in [1.82, 2.24) is 10.2 Å². The number of carbonyl (C=O) groups excluding carboxylic acids is 1. The normalized spacial score (nSPS) is 28.0. The first-order valence-electron chi connectivity index (χ1n) is 7.64. The molecule has 21 heavy (non-hydrogen) atoms. The predicted octanol–water partition coefficient (Wildman–Crippen LogP) is 2.81. The van der Waals surface area contributed by atoms with E-state index < -0.39 is 0 Å². The minimum Gasteiger partial charge on any atom is -0.348 e. The maximum atomic E-state index is 12.0. The highest BCUT2D eigenvalue weighted by atomic mass is 32.2. The van der Waals surface area contributed by atoms with Gasteiger partial charge in [-0.15, -0.1) is 0 Å². The second-order valence-electron chi connectivity index (χ2n) is 5.94. The first-order valence-corrected chi connectivity index (χ1v) is 8.52. The second kappa shape index (κ2) is 6.67. The zero-order valence-corrected chi connectivity index (χ0v) is 13.2. The maximum Gasteiger partial charge on any atom is 0.244 e. The smallest absolute Gasteiger partial charge is 0.244 e.